The summed E-state index contributed by atoms with van der Waals surface area (Å²) in [6.07, 6.45) is 7.26. The van der Waals surface area contributed by atoms with E-state index in [0.29, 0.717) is 10.8 Å². The molecule has 1 atom stereocenters. The molecule has 5 heteroatoms. The zero-order valence-corrected chi connectivity index (χ0v) is 12.3. The molecule has 1 unspecified atom stereocenters. The van der Waals surface area contributed by atoms with Gasteiger partial charge in [-0.2, -0.15) is 0 Å². The first-order chi connectivity index (χ1) is 9.13. The molecule has 2 rings (SSSR count). The number of nitrogens with two attached hydrogens (primary N) is 1. The van der Waals surface area contributed by atoms with Crippen LogP contribution >= 0.6 is 11.6 Å². The number of likely N-dealkylation sites (N-methyl/N-ethyl adjacent to an activating group) is 1. The molecule has 0 saturated heterocycles. The highest BCUT2D eigenvalue weighted by molar-refractivity contribution is 6.30. The number of nitrogens with one attached hydrogen (secondary N) is 1. The van der Waals surface area contributed by atoms with E-state index in [2.05, 4.69) is 10.3 Å². The monoisotopic (exact) mass is 283 g/mol. The number of methoxy groups -OCH3 is 1. The lowest BCUT2D eigenvalue weighted by molar-refractivity contribution is -0.0670. The predicted molar refractivity (Wildman–Crippen MR) is 78.3 cm³/mol. The summed E-state index contributed by atoms with van der Waals surface area (Å²) >= 11 is 6.06. The Morgan fingerprint density at radius 1 is 1.42 bits per heavy atom. The van der Waals surface area contributed by atoms with Crippen molar-refractivity contribution >= 4 is 17.4 Å². The van der Waals surface area contributed by atoms with Crippen LogP contribution in [-0.4, -0.2) is 24.7 Å². The first-order valence-corrected chi connectivity index (χ1v) is 7.14. The smallest absolute Gasteiger partial charge is 0.128 e. The Kier molecular flexibility index (Phi) is 4.66. The largest absolute Gasteiger partial charge is 0.383 e. The summed E-state index contributed by atoms with van der Waals surface area (Å²) in [5.41, 5.74) is 6.74. The number of nitrogens with zero attached hydrogens (tertiary/aromatic N) is 1. The van der Waals surface area contributed by atoms with Gasteiger partial charge in [0.2, 0.25) is 0 Å². The summed E-state index contributed by atoms with van der Waals surface area (Å²) in [7, 11) is 3.71. The molecule has 4 nitrogen and oxygen atoms in total. The number of pyridine rings is 1. The fourth-order valence-corrected chi connectivity index (χ4v) is 3.33. The van der Waals surface area contributed by atoms with E-state index in [0.717, 1.165) is 18.4 Å². The summed E-state index contributed by atoms with van der Waals surface area (Å²) in [6, 6.07) is 1.91. The van der Waals surface area contributed by atoms with Crippen molar-refractivity contribution in [3.05, 3.63) is 22.8 Å². The van der Waals surface area contributed by atoms with Gasteiger partial charge in [-0.15, -0.1) is 0 Å². The molecule has 1 fully saturated rings. The van der Waals surface area contributed by atoms with Crippen LogP contribution in [0.3, 0.4) is 0 Å². The van der Waals surface area contributed by atoms with Crippen LogP contribution < -0.4 is 11.1 Å². The maximum Gasteiger partial charge on any atom is 0.128 e. The van der Waals surface area contributed by atoms with Crippen molar-refractivity contribution in [2.75, 3.05) is 19.9 Å². The molecule has 1 aromatic heterocycles. The van der Waals surface area contributed by atoms with E-state index < -0.39 is 0 Å². The number of hydrogen-bond acceptors (Lipinski definition) is 4. The van der Waals surface area contributed by atoms with Gasteiger partial charge in [0.1, 0.15) is 5.82 Å². The fraction of sp³-hybridized carbons (Fsp3) is 0.643. The molecule has 0 spiro atoms. The van der Waals surface area contributed by atoms with Crippen LogP contribution in [-0.2, 0) is 4.74 Å². The number of anilines is 1. The first-order valence-electron chi connectivity index (χ1n) is 6.76. The molecule has 1 heterocycles. The van der Waals surface area contributed by atoms with Gasteiger partial charge >= 0.3 is 0 Å². The van der Waals surface area contributed by atoms with Crippen LogP contribution in [0.4, 0.5) is 5.82 Å². The molecule has 1 aliphatic carbocycles. The van der Waals surface area contributed by atoms with E-state index in [1.807, 2.05) is 13.1 Å². The lowest BCUT2D eigenvalue weighted by Crippen LogP contribution is -2.46. The third kappa shape index (κ3) is 2.86. The minimum absolute atomic E-state index is 0.0176. The Morgan fingerprint density at radius 2 is 2.11 bits per heavy atom. The lowest BCUT2D eigenvalue weighted by Gasteiger charge is -2.42. The minimum atomic E-state index is -0.215. The van der Waals surface area contributed by atoms with E-state index in [9.17, 15) is 0 Å². The maximum absolute atomic E-state index is 6.06. The molecule has 1 aliphatic rings. The molecule has 0 bridgehead atoms. The number of rotatable bonds is 4. The van der Waals surface area contributed by atoms with Crippen molar-refractivity contribution in [2.24, 2.45) is 0 Å². The quantitative estimate of drug-likeness (QED) is 0.892. The molecular formula is C14H22ClN3O. The molecule has 106 valence electrons. The predicted octanol–water partition coefficient (Wildman–Crippen LogP) is 2.93. The third-order valence-electron chi connectivity index (χ3n) is 4.15. The van der Waals surface area contributed by atoms with Gasteiger partial charge in [0.25, 0.3) is 0 Å². The van der Waals surface area contributed by atoms with Crippen molar-refractivity contribution in [3.8, 4) is 0 Å². The van der Waals surface area contributed by atoms with Crippen LogP contribution in [0.1, 0.15) is 43.7 Å². The Balaban J connectivity index is 2.39. The van der Waals surface area contributed by atoms with Gasteiger partial charge in [-0.25, -0.2) is 4.98 Å². The van der Waals surface area contributed by atoms with Crippen molar-refractivity contribution < 1.29 is 4.74 Å². The van der Waals surface area contributed by atoms with Crippen LogP contribution in [0.5, 0.6) is 0 Å². The van der Waals surface area contributed by atoms with Crippen LogP contribution in [0.15, 0.2) is 12.3 Å². The number of nitrogen functional groups attached to an aromatic ring is 1. The normalized spacial score (nSPS) is 20.2. The van der Waals surface area contributed by atoms with E-state index >= 15 is 0 Å². The van der Waals surface area contributed by atoms with Crippen molar-refractivity contribution in [1.82, 2.24) is 10.3 Å². The van der Waals surface area contributed by atoms with Gasteiger partial charge in [-0.1, -0.05) is 30.9 Å². The van der Waals surface area contributed by atoms with Crippen molar-refractivity contribution in [2.45, 2.75) is 43.7 Å². The summed E-state index contributed by atoms with van der Waals surface area (Å²) in [6.45, 7) is 0. The summed E-state index contributed by atoms with van der Waals surface area (Å²) in [4.78, 5) is 4.16. The molecule has 0 aromatic carbocycles. The second-order valence-corrected chi connectivity index (χ2v) is 5.62. The topological polar surface area (TPSA) is 60.2 Å². The number of aromatic nitrogens is 1. The van der Waals surface area contributed by atoms with Gasteiger partial charge in [0, 0.05) is 18.9 Å². The summed E-state index contributed by atoms with van der Waals surface area (Å²) < 4.78 is 5.89. The first kappa shape index (κ1) is 14.6. The van der Waals surface area contributed by atoms with Crippen molar-refractivity contribution in [1.29, 1.82) is 0 Å². The zero-order chi connectivity index (χ0) is 13.9. The average Bonchev–Trinajstić information content (AvgIpc) is 2.44. The highest BCUT2D eigenvalue weighted by Gasteiger charge is 2.41. The number of hydrogen-bond donors (Lipinski definition) is 2. The maximum atomic E-state index is 6.06. The van der Waals surface area contributed by atoms with Crippen LogP contribution in [0.2, 0.25) is 5.02 Å². The van der Waals surface area contributed by atoms with Crippen LogP contribution in [0, 0.1) is 0 Å². The molecule has 0 radical (unpaired) electrons. The fourth-order valence-electron chi connectivity index (χ4n) is 3.16. The minimum Gasteiger partial charge on any atom is -0.383 e. The standard InChI is InChI=1S/C14H22ClN3O/c1-17-12(11-8-10(15)9-18-13(11)16)14(19-2)6-4-3-5-7-14/h8-9,12,17H,3-7H2,1-2H3,(H2,16,18). The second-order valence-electron chi connectivity index (χ2n) is 5.18. The van der Waals surface area contributed by atoms with E-state index in [1.165, 1.54) is 19.3 Å². The Hall–Kier alpha value is -0.840. The van der Waals surface area contributed by atoms with Crippen molar-refractivity contribution in [3.63, 3.8) is 0 Å². The van der Waals surface area contributed by atoms with Gasteiger partial charge in [-0.05, 0) is 26.0 Å². The van der Waals surface area contributed by atoms with E-state index in [4.69, 9.17) is 22.1 Å². The van der Waals surface area contributed by atoms with Gasteiger partial charge in [0.15, 0.2) is 0 Å². The SMILES string of the molecule is CNC(c1cc(Cl)cnc1N)C1(OC)CCCCC1. The molecule has 1 saturated carbocycles. The van der Waals surface area contributed by atoms with Gasteiger partial charge in [0.05, 0.1) is 16.7 Å². The second kappa shape index (κ2) is 6.07. The molecule has 1 aromatic rings. The molecule has 0 amide bonds. The highest BCUT2D eigenvalue weighted by Crippen LogP contribution is 2.42. The Morgan fingerprint density at radius 3 is 2.68 bits per heavy atom. The zero-order valence-electron chi connectivity index (χ0n) is 11.6. The number of halogens is 1. The van der Waals surface area contributed by atoms with E-state index in [1.54, 1.807) is 13.3 Å². The van der Waals surface area contributed by atoms with E-state index in [-0.39, 0.29) is 11.6 Å². The number of ether oxygens (including phenoxy) is 1. The molecule has 19 heavy (non-hydrogen) atoms. The average molecular weight is 284 g/mol. The Bertz CT molecular complexity index is 433. The molecular weight excluding hydrogens is 262 g/mol. The highest BCUT2D eigenvalue weighted by atomic mass is 35.5. The lowest BCUT2D eigenvalue weighted by atomic mass is 9.76. The van der Waals surface area contributed by atoms with Gasteiger partial charge in [-0.3, -0.25) is 0 Å². The third-order valence-corrected chi connectivity index (χ3v) is 4.36. The Labute approximate surface area is 119 Å². The summed E-state index contributed by atoms with van der Waals surface area (Å²) in [5.74, 6) is 0.519. The van der Waals surface area contributed by atoms with Crippen LogP contribution in [0.25, 0.3) is 0 Å². The molecule has 3 N–H and O–H groups in total. The van der Waals surface area contributed by atoms with Gasteiger partial charge < -0.3 is 15.8 Å². The summed E-state index contributed by atoms with van der Waals surface area (Å²) in [5, 5.41) is 3.95. The molecule has 0 aliphatic heterocycles.